The molecule has 8 heteroatoms. The third-order valence-corrected chi connectivity index (χ3v) is 5.95. The molecule has 0 radical (unpaired) electrons. The van der Waals surface area contributed by atoms with Crippen LogP contribution in [0.15, 0.2) is 78.2 Å². The van der Waals surface area contributed by atoms with Gasteiger partial charge in [-0.15, -0.1) is 21.5 Å². The van der Waals surface area contributed by atoms with Crippen molar-refractivity contribution in [3.63, 3.8) is 0 Å². The van der Waals surface area contributed by atoms with Gasteiger partial charge in [-0.25, -0.2) is 0 Å². The van der Waals surface area contributed by atoms with Crippen LogP contribution >= 0.6 is 11.3 Å². The van der Waals surface area contributed by atoms with Crippen molar-refractivity contribution in [3.05, 3.63) is 83.7 Å². The Balaban J connectivity index is 1.36. The molecule has 1 amide bonds. The number of benzene rings is 2. The summed E-state index contributed by atoms with van der Waals surface area (Å²) in [7, 11) is 3.94. The quantitative estimate of drug-likeness (QED) is 0.423. The van der Waals surface area contributed by atoms with Crippen molar-refractivity contribution in [2.75, 3.05) is 24.3 Å². The number of nitrogens with zero attached hydrogens (tertiary/aromatic N) is 5. The number of aromatic nitrogens is 4. The monoisotopic (exact) mass is 440 g/mol. The van der Waals surface area contributed by atoms with Gasteiger partial charge in [0.1, 0.15) is 0 Å². The normalized spacial score (nSPS) is 10.9. The van der Waals surface area contributed by atoms with Crippen molar-refractivity contribution in [3.8, 4) is 22.0 Å². The van der Waals surface area contributed by atoms with E-state index in [2.05, 4.69) is 15.5 Å². The molecule has 0 saturated heterocycles. The number of rotatable bonds is 5. The second kappa shape index (κ2) is 8.24. The summed E-state index contributed by atoms with van der Waals surface area (Å²) in [4.78, 5) is 15.6. The van der Waals surface area contributed by atoms with Gasteiger partial charge in [-0.05, 0) is 60.0 Å². The van der Waals surface area contributed by atoms with Gasteiger partial charge in [-0.1, -0.05) is 18.2 Å². The highest BCUT2D eigenvalue weighted by Gasteiger charge is 2.12. The molecule has 7 nitrogen and oxygen atoms in total. The van der Waals surface area contributed by atoms with E-state index >= 15 is 0 Å². The zero-order valence-corrected chi connectivity index (χ0v) is 18.4. The van der Waals surface area contributed by atoms with Gasteiger partial charge in [0.05, 0.1) is 10.6 Å². The summed E-state index contributed by atoms with van der Waals surface area (Å²) in [5.74, 6) is 0.577. The van der Waals surface area contributed by atoms with Crippen molar-refractivity contribution in [1.29, 1.82) is 0 Å². The summed E-state index contributed by atoms with van der Waals surface area (Å²) in [5, 5.41) is 18.2. The SMILES string of the molecule is CN(C)c1ccc(C(=O)Nc2ccc(-c3ccc4nnc(-c5cccs5)n4n3)cc2)cc1. The minimum absolute atomic E-state index is 0.146. The van der Waals surface area contributed by atoms with E-state index in [1.54, 1.807) is 15.9 Å². The predicted molar refractivity (Wildman–Crippen MR) is 128 cm³/mol. The molecular formula is C24H20N6OS. The van der Waals surface area contributed by atoms with Gasteiger partial charge in [0.2, 0.25) is 0 Å². The highest BCUT2D eigenvalue weighted by Crippen LogP contribution is 2.25. The van der Waals surface area contributed by atoms with Gasteiger partial charge in [0.15, 0.2) is 11.5 Å². The molecule has 2 aromatic carbocycles. The summed E-state index contributed by atoms with van der Waals surface area (Å²) in [6, 6.07) is 22.9. The van der Waals surface area contributed by atoms with Crippen LogP contribution in [0.5, 0.6) is 0 Å². The average Bonchev–Trinajstić information content (AvgIpc) is 3.49. The Morgan fingerprint density at radius 3 is 2.41 bits per heavy atom. The molecule has 5 rings (SSSR count). The van der Waals surface area contributed by atoms with Crippen LogP contribution in [0.4, 0.5) is 11.4 Å². The van der Waals surface area contributed by atoms with Gasteiger partial charge in [-0.3, -0.25) is 4.79 Å². The van der Waals surface area contributed by atoms with E-state index in [4.69, 9.17) is 5.10 Å². The molecule has 32 heavy (non-hydrogen) atoms. The van der Waals surface area contributed by atoms with Crippen molar-refractivity contribution in [2.24, 2.45) is 0 Å². The summed E-state index contributed by atoms with van der Waals surface area (Å²) in [6.07, 6.45) is 0. The lowest BCUT2D eigenvalue weighted by Crippen LogP contribution is -2.13. The number of nitrogens with one attached hydrogen (secondary N) is 1. The van der Waals surface area contributed by atoms with Crippen molar-refractivity contribution in [2.45, 2.75) is 0 Å². The maximum Gasteiger partial charge on any atom is 0.255 e. The van der Waals surface area contributed by atoms with Crippen LogP contribution in [0.3, 0.4) is 0 Å². The van der Waals surface area contributed by atoms with Crippen LogP contribution in [-0.2, 0) is 0 Å². The average molecular weight is 441 g/mol. The number of hydrogen-bond acceptors (Lipinski definition) is 6. The molecular weight excluding hydrogens is 420 g/mol. The Kier molecular flexibility index (Phi) is 5.12. The maximum atomic E-state index is 12.6. The largest absolute Gasteiger partial charge is 0.378 e. The maximum absolute atomic E-state index is 12.6. The Labute approximate surface area is 189 Å². The number of fused-ring (bicyclic) bond motifs is 1. The highest BCUT2D eigenvalue weighted by molar-refractivity contribution is 7.13. The Bertz CT molecular complexity index is 1370. The van der Waals surface area contributed by atoms with E-state index < -0.39 is 0 Å². The lowest BCUT2D eigenvalue weighted by atomic mass is 10.1. The molecule has 5 aromatic rings. The highest BCUT2D eigenvalue weighted by atomic mass is 32.1. The molecule has 158 valence electrons. The fraction of sp³-hybridized carbons (Fsp3) is 0.0833. The number of thiophene rings is 1. The van der Waals surface area contributed by atoms with Gasteiger partial charge in [0, 0.05) is 36.6 Å². The van der Waals surface area contributed by atoms with Crippen molar-refractivity contribution >= 4 is 34.3 Å². The second-order valence-electron chi connectivity index (χ2n) is 7.46. The Morgan fingerprint density at radius 2 is 1.72 bits per heavy atom. The lowest BCUT2D eigenvalue weighted by Gasteiger charge is -2.12. The number of hydrogen-bond donors (Lipinski definition) is 1. The topological polar surface area (TPSA) is 75.4 Å². The van der Waals surface area contributed by atoms with Crippen LogP contribution in [0.2, 0.25) is 0 Å². The third kappa shape index (κ3) is 3.83. The summed E-state index contributed by atoms with van der Waals surface area (Å²) >= 11 is 1.60. The Morgan fingerprint density at radius 1 is 0.938 bits per heavy atom. The summed E-state index contributed by atoms with van der Waals surface area (Å²) < 4.78 is 1.76. The lowest BCUT2D eigenvalue weighted by molar-refractivity contribution is 0.102. The first kappa shape index (κ1) is 19.9. The van der Waals surface area contributed by atoms with E-state index in [-0.39, 0.29) is 5.91 Å². The van der Waals surface area contributed by atoms with Crippen LogP contribution in [-0.4, -0.2) is 39.8 Å². The van der Waals surface area contributed by atoms with Gasteiger partial charge in [0.25, 0.3) is 5.91 Å². The van der Waals surface area contributed by atoms with Crippen LogP contribution in [0, 0.1) is 0 Å². The van der Waals surface area contributed by atoms with Crippen LogP contribution < -0.4 is 10.2 Å². The Hall–Kier alpha value is -4.04. The molecule has 0 aliphatic heterocycles. The molecule has 0 fully saturated rings. The van der Waals surface area contributed by atoms with Crippen molar-refractivity contribution < 1.29 is 4.79 Å². The van der Waals surface area contributed by atoms with Gasteiger partial charge in [-0.2, -0.15) is 9.61 Å². The van der Waals surface area contributed by atoms with E-state index in [0.717, 1.165) is 33.3 Å². The van der Waals surface area contributed by atoms with E-state index in [1.807, 2.05) is 97.2 Å². The first-order chi connectivity index (χ1) is 15.6. The van der Waals surface area contributed by atoms with Gasteiger partial charge < -0.3 is 10.2 Å². The first-order valence-corrected chi connectivity index (χ1v) is 10.9. The van der Waals surface area contributed by atoms with Crippen molar-refractivity contribution in [1.82, 2.24) is 19.8 Å². The van der Waals surface area contributed by atoms with E-state index in [9.17, 15) is 4.79 Å². The molecule has 3 heterocycles. The molecule has 0 bridgehead atoms. The van der Waals surface area contributed by atoms with Crippen LogP contribution in [0.25, 0.3) is 27.6 Å². The fourth-order valence-electron chi connectivity index (χ4n) is 3.34. The number of carbonyl (C=O) groups is 1. The molecule has 0 spiro atoms. The predicted octanol–water partition coefficient (Wildman–Crippen LogP) is 4.84. The fourth-order valence-corrected chi connectivity index (χ4v) is 4.03. The van der Waals surface area contributed by atoms with Crippen LogP contribution in [0.1, 0.15) is 10.4 Å². The number of amides is 1. The zero-order valence-electron chi connectivity index (χ0n) is 17.6. The molecule has 0 unspecified atom stereocenters. The molecule has 3 aromatic heterocycles. The molecule has 0 saturated carbocycles. The summed E-state index contributed by atoms with van der Waals surface area (Å²) in [6.45, 7) is 0. The molecule has 0 aliphatic carbocycles. The molecule has 1 N–H and O–H groups in total. The van der Waals surface area contributed by atoms with E-state index in [0.29, 0.717) is 11.2 Å². The number of carbonyl (C=O) groups excluding carboxylic acids is 1. The molecule has 0 atom stereocenters. The van der Waals surface area contributed by atoms with E-state index in [1.165, 1.54) is 0 Å². The smallest absolute Gasteiger partial charge is 0.255 e. The first-order valence-electron chi connectivity index (χ1n) is 10.0. The summed E-state index contributed by atoms with van der Waals surface area (Å²) in [5.41, 5.74) is 4.81. The number of anilines is 2. The van der Waals surface area contributed by atoms with Gasteiger partial charge >= 0.3 is 0 Å². The third-order valence-electron chi connectivity index (χ3n) is 5.09. The molecule has 0 aliphatic rings. The second-order valence-corrected chi connectivity index (χ2v) is 8.41. The zero-order chi connectivity index (χ0) is 22.1. The minimum atomic E-state index is -0.146. The minimum Gasteiger partial charge on any atom is -0.378 e. The standard InChI is InChI=1S/C24H20N6OS/c1-29(2)19-11-7-17(8-12-19)24(31)25-18-9-5-16(6-10-18)20-13-14-22-26-27-23(30(22)28-20)21-4-3-15-32-21/h3-15H,1-2H3,(H,25,31).